The second kappa shape index (κ2) is 11.5. The van der Waals surface area contributed by atoms with E-state index in [1.165, 1.54) is 11.8 Å². The van der Waals surface area contributed by atoms with E-state index in [4.69, 9.17) is 16.3 Å². The number of hydrogen-bond acceptors (Lipinski definition) is 6. The Morgan fingerprint density at radius 1 is 1.03 bits per heavy atom. The molecule has 3 rings (SSSR count). The van der Waals surface area contributed by atoms with Gasteiger partial charge in [0.15, 0.2) is 5.16 Å². The zero-order chi connectivity index (χ0) is 22.9. The Morgan fingerprint density at radius 3 is 2.50 bits per heavy atom. The van der Waals surface area contributed by atoms with Crippen molar-refractivity contribution in [3.8, 4) is 5.75 Å². The fourth-order valence-corrected chi connectivity index (χ4v) is 3.87. The van der Waals surface area contributed by atoms with Crippen LogP contribution >= 0.6 is 23.4 Å². The molecule has 0 aliphatic rings. The maximum Gasteiger partial charge on any atom is 0.234 e. The van der Waals surface area contributed by atoms with E-state index in [2.05, 4.69) is 20.8 Å². The topological polar surface area (TPSA) is 98.1 Å². The molecule has 0 saturated carbocycles. The van der Waals surface area contributed by atoms with Crippen molar-refractivity contribution >= 4 is 46.6 Å². The molecule has 168 valence electrons. The molecule has 0 spiro atoms. The Labute approximate surface area is 195 Å². The van der Waals surface area contributed by atoms with Gasteiger partial charge in [0.1, 0.15) is 11.6 Å². The smallest absolute Gasteiger partial charge is 0.234 e. The summed E-state index contributed by atoms with van der Waals surface area (Å²) in [6, 6.07) is 14.2. The highest BCUT2D eigenvalue weighted by Gasteiger charge is 2.16. The van der Waals surface area contributed by atoms with E-state index in [9.17, 15) is 9.59 Å². The number of hydrogen-bond donors (Lipinski definition) is 2. The lowest BCUT2D eigenvalue weighted by Gasteiger charge is -2.11. The lowest BCUT2D eigenvalue weighted by molar-refractivity contribution is -0.116. The van der Waals surface area contributed by atoms with Crippen LogP contribution < -0.4 is 15.4 Å². The molecule has 1 aromatic heterocycles. The number of aromatic nitrogens is 3. The van der Waals surface area contributed by atoms with Crippen LogP contribution in [0.2, 0.25) is 5.02 Å². The summed E-state index contributed by atoms with van der Waals surface area (Å²) >= 11 is 7.13. The van der Waals surface area contributed by atoms with Gasteiger partial charge in [0, 0.05) is 17.3 Å². The van der Waals surface area contributed by atoms with Crippen LogP contribution in [0.4, 0.5) is 11.4 Å². The molecular formula is C22H24ClN5O3S. The fraction of sp³-hybridized carbons (Fsp3) is 0.273. The Morgan fingerprint density at radius 2 is 1.78 bits per heavy atom. The molecular weight excluding hydrogens is 450 g/mol. The van der Waals surface area contributed by atoms with Crippen molar-refractivity contribution < 1.29 is 14.3 Å². The van der Waals surface area contributed by atoms with Gasteiger partial charge in [0.2, 0.25) is 11.8 Å². The van der Waals surface area contributed by atoms with Crippen LogP contribution in [0.1, 0.15) is 19.7 Å². The van der Waals surface area contributed by atoms with Gasteiger partial charge in [-0.05, 0) is 50.2 Å². The molecule has 8 nitrogen and oxygen atoms in total. The summed E-state index contributed by atoms with van der Waals surface area (Å²) in [7, 11) is 0. The number of rotatable bonds is 10. The van der Waals surface area contributed by atoms with E-state index < -0.39 is 0 Å². The largest absolute Gasteiger partial charge is 0.492 e. The molecule has 3 aromatic rings. The van der Waals surface area contributed by atoms with Crippen LogP contribution in [-0.4, -0.2) is 38.9 Å². The van der Waals surface area contributed by atoms with Crippen molar-refractivity contribution in [2.24, 2.45) is 0 Å². The summed E-state index contributed by atoms with van der Waals surface area (Å²) in [6.45, 7) is 4.91. The molecule has 2 amide bonds. The highest BCUT2D eigenvalue weighted by Crippen LogP contribution is 2.24. The molecule has 0 unspecified atom stereocenters. The van der Waals surface area contributed by atoms with Gasteiger partial charge in [-0.15, -0.1) is 10.2 Å². The number of carbonyl (C=O) groups excluding carboxylic acids is 2. The molecule has 1 heterocycles. The van der Waals surface area contributed by atoms with Crippen molar-refractivity contribution in [3.05, 3.63) is 59.4 Å². The third kappa shape index (κ3) is 6.48. The van der Waals surface area contributed by atoms with Crippen molar-refractivity contribution in [1.82, 2.24) is 14.8 Å². The first-order chi connectivity index (χ1) is 15.5. The molecule has 0 atom stereocenters. The zero-order valence-electron chi connectivity index (χ0n) is 17.8. The molecule has 2 N–H and O–H groups in total. The van der Waals surface area contributed by atoms with Crippen LogP contribution in [0.3, 0.4) is 0 Å². The van der Waals surface area contributed by atoms with E-state index in [0.717, 1.165) is 0 Å². The third-order valence-electron chi connectivity index (χ3n) is 4.35. The summed E-state index contributed by atoms with van der Waals surface area (Å²) in [5.41, 5.74) is 1.28. The van der Waals surface area contributed by atoms with Crippen LogP contribution in [0.25, 0.3) is 0 Å². The molecule has 0 aliphatic carbocycles. The average molecular weight is 474 g/mol. The molecule has 0 bridgehead atoms. The molecule has 0 saturated heterocycles. The second-order valence-electron chi connectivity index (χ2n) is 6.64. The maximum absolute atomic E-state index is 12.4. The quantitative estimate of drug-likeness (QED) is 0.427. The Hall–Kier alpha value is -3.04. The van der Waals surface area contributed by atoms with Gasteiger partial charge in [-0.2, -0.15) is 0 Å². The van der Waals surface area contributed by atoms with Crippen molar-refractivity contribution in [3.63, 3.8) is 0 Å². The number of thioether (sulfide) groups is 1. The molecule has 2 aromatic carbocycles. The minimum absolute atomic E-state index is 0.0674. The van der Waals surface area contributed by atoms with E-state index in [1.54, 1.807) is 36.4 Å². The van der Waals surface area contributed by atoms with Gasteiger partial charge in [0.25, 0.3) is 0 Å². The maximum atomic E-state index is 12.4. The van der Waals surface area contributed by atoms with E-state index in [1.807, 2.05) is 30.5 Å². The number of carbonyl (C=O) groups is 2. The second-order valence-corrected chi connectivity index (χ2v) is 8.02. The highest BCUT2D eigenvalue weighted by atomic mass is 35.5. The van der Waals surface area contributed by atoms with E-state index in [0.29, 0.717) is 46.3 Å². The summed E-state index contributed by atoms with van der Waals surface area (Å²) in [4.78, 5) is 24.8. The Balaban J connectivity index is 1.58. The van der Waals surface area contributed by atoms with Crippen molar-refractivity contribution in [1.29, 1.82) is 0 Å². The van der Waals surface area contributed by atoms with Crippen molar-refractivity contribution in [2.75, 3.05) is 23.0 Å². The normalized spacial score (nSPS) is 10.6. The first kappa shape index (κ1) is 23.6. The summed E-state index contributed by atoms with van der Waals surface area (Å²) in [6.07, 6.45) is 0.0674. The molecule has 0 aliphatic heterocycles. The lowest BCUT2D eigenvalue weighted by atomic mass is 10.3. The van der Waals surface area contributed by atoms with Gasteiger partial charge in [-0.25, -0.2) is 0 Å². The van der Waals surface area contributed by atoms with Gasteiger partial charge in [-0.1, -0.05) is 35.5 Å². The molecule has 10 heteroatoms. The van der Waals surface area contributed by atoms with Crippen molar-refractivity contribution in [2.45, 2.75) is 32.0 Å². The Kier molecular flexibility index (Phi) is 8.52. The minimum Gasteiger partial charge on any atom is -0.492 e. The van der Waals surface area contributed by atoms with E-state index in [-0.39, 0.29) is 24.0 Å². The molecule has 32 heavy (non-hydrogen) atoms. The minimum atomic E-state index is -0.212. The van der Waals surface area contributed by atoms with Gasteiger partial charge in [-0.3, -0.25) is 9.59 Å². The summed E-state index contributed by atoms with van der Waals surface area (Å²) in [5.74, 6) is 0.906. The van der Waals surface area contributed by atoms with Gasteiger partial charge < -0.3 is 19.9 Å². The number of nitrogens with one attached hydrogen (secondary N) is 2. The number of para-hydroxylation sites is 2. The number of halogens is 1. The third-order valence-corrected chi connectivity index (χ3v) is 5.57. The number of anilines is 2. The lowest BCUT2D eigenvalue weighted by Crippen LogP contribution is -2.18. The van der Waals surface area contributed by atoms with Crippen LogP contribution in [0, 0.1) is 0 Å². The molecule has 0 fully saturated rings. The van der Waals surface area contributed by atoms with Crippen LogP contribution in [0.5, 0.6) is 5.75 Å². The Bertz CT molecular complexity index is 1070. The van der Waals surface area contributed by atoms with Gasteiger partial charge in [0.05, 0.1) is 24.5 Å². The predicted molar refractivity (Wildman–Crippen MR) is 126 cm³/mol. The first-order valence-corrected chi connectivity index (χ1v) is 11.5. The summed E-state index contributed by atoms with van der Waals surface area (Å²) < 4.78 is 7.36. The summed E-state index contributed by atoms with van der Waals surface area (Å²) in [5, 5.41) is 15.1. The average Bonchev–Trinajstić information content (AvgIpc) is 3.16. The predicted octanol–water partition coefficient (Wildman–Crippen LogP) is 4.26. The number of ether oxygens (including phenoxy) is 1. The highest BCUT2D eigenvalue weighted by molar-refractivity contribution is 7.99. The SMILES string of the molecule is CCOc1ccccc1NC(=O)CSc1nnc(CC(=O)Nc2ccc(Cl)cc2)n1CC. The first-order valence-electron chi connectivity index (χ1n) is 10.1. The van der Waals surface area contributed by atoms with Crippen LogP contribution in [-0.2, 0) is 22.6 Å². The molecule has 0 radical (unpaired) electrons. The number of nitrogens with zero attached hydrogens (tertiary/aromatic N) is 3. The standard InChI is InChI=1S/C22H24ClN5O3S/c1-3-28-19(13-20(29)24-16-11-9-15(23)10-12-16)26-27-22(28)32-14-21(30)25-17-7-5-6-8-18(17)31-4-2/h5-12H,3-4,13-14H2,1-2H3,(H,24,29)(H,25,30). The zero-order valence-corrected chi connectivity index (χ0v) is 19.4. The van der Waals surface area contributed by atoms with Gasteiger partial charge >= 0.3 is 0 Å². The van der Waals surface area contributed by atoms with Crippen LogP contribution in [0.15, 0.2) is 53.7 Å². The van der Waals surface area contributed by atoms with E-state index >= 15 is 0 Å². The number of amides is 2. The number of benzene rings is 2. The monoisotopic (exact) mass is 473 g/mol. The fourth-order valence-electron chi connectivity index (χ4n) is 2.92.